The number of ether oxygens (including phenoxy) is 1. The zero-order valence-corrected chi connectivity index (χ0v) is 15.1. The highest BCUT2D eigenvalue weighted by Crippen LogP contribution is 2.23. The van der Waals surface area contributed by atoms with Crippen molar-refractivity contribution in [3.8, 4) is 5.75 Å². The molecule has 26 heavy (non-hydrogen) atoms. The van der Waals surface area contributed by atoms with Gasteiger partial charge in [0.25, 0.3) is 5.91 Å². The molecule has 0 spiro atoms. The monoisotopic (exact) mass is 356 g/mol. The van der Waals surface area contributed by atoms with Crippen LogP contribution < -0.4 is 15.4 Å². The van der Waals surface area contributed by atoms with E-state index in [1.165, 1.54) is 0 Å². The molecule has 0 bridgehead atoms. The Hall–Kier alpha value is -2.83. The third-order valence-electron chi connectivity index (χ3n) is 4.60. The molecule has 138 valence electrons. The first-order chi connectivity index (χ1) is 12.6. The minimum Gasteiger partial charge on any atom is -0.484 e. The molecule has 1 fully saturated rings. The molecule has 2 aromatic rings. The van der Waals surface area contributed by atoms with Crippen molar-refractivity contribution >= 4 is 11.8 Å². The van der Waals surface area contributed by atoms with E-state index < -0.39 is 0 Å². The molecule has 0 saturated carbocycles. The van der Waals surface area contributed by atoms with E-state index in [1.54, 1.807) is 10.9 Å². The van der Waals surface area contributed by atoms with Gasteiger partial charge in [-0.3, -0.25) is 14.3 Å². The molecule has 0 radical (unpaired) electrons. The lowest BCUT2D eigenvalue weighted by Gasteiger charge is -2.32. The number of carbonyl (C=O) groups is 2. The summed E-state index contributed by atoms with van der Waals surface area (Å²) in [6.07, 6.45) is 3.56. The first-order valence-corrected chi connectivity index (χ1v) is 8.85. The van der Waals surface area contributed by atoms with Gasteiger partial charge in [-0.15, -0.1) is 0 Å². The van der Waals surface area contributed by atoms with Crippen LogP contribution in [-0.4, -0.2) is 34.2 Å². The Balaban J connectivity index is 1.61. The molecule has 1 saturated heterocycles. The van der Waals surface area contributed by atoms with E-state index in [2.05, 4.69) is 22.7 Å². The maximum absolute atomic E-state index is 12.3. The van der Waals surface area contributed by atoms with E-state index in [-0.39, 0.29) is 30.5 Å². The van der Waals surface area contributed by atoms with Crippen molar-refractivity contribution in [2.45, 2.75) is 38.3 Å². The average Bonchev–Trinajstić information content (AvgIpc) is 3.07. The van der Waals surface area contributed by atoms with Gasteiger partial charge in [0, 0.05) is 19.7 Å². The van der Waals surface area contributed by atoms with Crippen molar-refractivity contribution in [1.29, 1.82) is 0 Å². The highest BCUT2D eigenvalue weighted by molar-refractivity contribution is 5.80. The molecular weight excluding hydrogens is 332 g/mol. The Labute approximate surface area is 152 Å². The normalized spacial score (nSPS) is 19.7. The first-order valence-electron chi connectivity index (χ1n) is 8.85. The van der Waals surface area contributed by atoms with E-state index in [0.717, 1.165) is 17.7 Å². The van der Waals surface area contributed by atoms with Crippen LogP contribution in [0, 0.1) is 0 Å². The maximum Gasteiger partial charge on any atom is 0.258 e. The van der Waals surface area contributed by atoms with Crippen molar-refractivity contribution in [1.82, 2.24) is 20.4 Å². The predicted molar refractivity (Wildman–Crippen MR) is 96.6 cm³/mol. The van der Waals surface area contributed by atoms with E-state index in [4.69, 9.17) is 4.74 Å². The Bertz CT molecular complexity index is 787. The van der Waals surface area contributed by atoms with Gasteiger partial charge in [-0.2, -0.15) is 5.10 Å². The standard InChI is InChI=1S/C19H24N4O3/c1-3-13-5-4-6-14(11-13)26-12-18(25)21-15-7-8-17(24)22-19(15)16-9-10-20-23(16)2/h4-6,9-11,15,19H,3,7-8,12H2,1-2H3,(H,21,25)(H,22,24)/t15-,19-/m1/s1. The lowest BCUT2D eigenvalue weighted by Crippen LogP contribution is -2.51. The van der Waals surface area contributed by atoms with Gasteiger partial charge in [-0.05, 0) is 36.6 Å². The largest absolute Gasteiger partial charge is 0.484 e. The van der Waals surface area contributed by atoms with Crippen LogP contribution in [0.5, 0.6) is 5.75 Å². The van der Waals surface area contributed by atoms with Crippen LogP contribution in [-0.2, 0) is 23.1 Å². The summed E-state index contributed by atoms with van der Waals surface area (Å²) < 4.78 is 7.32. The van der Waals surface area contributed by atoms with E-state index >= 15 is 0 Å². The van der Waals surface area contributed by atoms with Crippen LogP contribution >= 0.6 is 0 Å². The Morgan fingerprint density at radius 2 is 2.27 bits per heavy atom. The van der Waals surface area contributed by atoms with Gasteiger partial charge in [-0.25, -0.2) is 0 Å². The summed E-state index contributed by atoms with van der Waals surface area (Å²) in [4.78, 5) is 24.2. The molecule has 7 nitrogen and oxygen atoms in total. The predicted octanol–water partition coefficient (Wildman–Crippen LogP) is 1.50. The van der Waals surface area contributed by atoms with Gasteiger partial charge < -0.3 is 15.4 Å². The van der Waals surface area contributed by atoms with E-state index in [0.29, 0.717) is 18.6 Å². The molecule has 1 aromatic carbocycles. The van der Waals surface area contributed by atoms with Gasteiger partial charge in [-0.1, -0.05) is 19.1 Å². The topological polar surface area (TPSA) is 85.2 Å². The molecular formula is C19H24N4O3. The SMILES string of the molecule is CCc1cccc(OCC(=O)N[C@@H]2CCC(=O)N[C@H]2c2ccnn2C)c1. The van der Waals surface area contributed by atoms with Gasteiger partial charge in [0.05, 0.1) is 17.8 Å². The highest BCUT2D eigenvalue weighted by Gasteiger charge is 2.32. The van der Waals surface area contributed by atoms with Crippen molar-refractivity contribution in [3.05, 3.63) is 47.8 Å². The minimum absolute atomic E-state index is 0.0191. The molecule has 1 aliphatic heterocycles. The van der Waals surface area contributed by atoms with Crippen LogP contribution in [0.4, 0.5) is 0 Å². The first kappa shape index (κ1) is 18.0. The summed E-state index contributed by atoms with van der Waals surface area (Å²) in [5, 5.41) is 10.1. The molecule has 0 aliphatic carbocycles. The number of nitrogens with one attached hydrogen (secondary N) is 2. The molecule has 2 N–H and O–H groups in total. The summed E-state index contributed by atoms with van der Waals surface area (Å²) in [7, 11) is 1.82. The number of piperidine rings is 1. The number of nitrogens with zero attached hydrogens (tertiary/aromatic N) is 2. The van der Waals surface area contributed by atoms with Crippen molar-refractivity contribution < 1.29 is 14.3 Å². The summed E-state index contributed by atoms with van der Waals surface area (Å²) in [5.41, 5.74) is 2.02. The number of carbonyl (C=O) groups excluding carboxylic acids is 2. The fourth-order valence-electron chi connectivity index (χ4n) is 3.18. The number of amides is 2. The van der Waals surface area contributed by atoms with Crippen LogP contribution in [0.15, 0.2) is 36.5 Å². The van der Waals surface area contributed by atoms with E-state index in [9.17, 15) is 9.59 Å². The van der Waals surface area contributed by atoms with Crippen LogP contribution in [0.3, 0.4) is 0 Å². The third kappa shape index (κ3) is 4.22. The highest BCUT2D eigenvalue weighted by atomic mass is 16.5. The molecule has 1 aromatic heterocycles. The lowest BCUT2D eigenvalue weighted by molar-refractivity contribution is -0.128. The number of rotatable bonds is 6. The third-order valence-corrected chi connectivity index (χ3v) is 4.60. The second-order valence-electron chi connectivity index (χ2n) is 6.43. The zero-order chi connectivity index (χ0) is 18.5. The van der Waals surface area contributed by atoms with Crippen molar-refractivity contribution in [3.63, 3.8) is 0 Å². The molecule has 1 aliphatic rings. The molecule has 2 amide bonds. The van der Waals surface area contributed by atoms with Crippen molar-refractivity contribution in [2.24, 2.45) is 7.05 Å². The molecule has 7 heteroatoms. The van der Waals surface area contributed by atoms with Crippen LogP contribution in [0.1, 0.15) is 37.1 Å². The number of benzene rings is 1. The number of aromatic nitrogens is 2. The molecule has 0 unspecified atom stereocenters. The summed E-state index contributed by atoms with van der Waals surface area (Å²) in [6, 6.07) is 9.08. The number of hydrogen-bond donors (Lipinski definition) is 2. The molecule has 3 rings (SSSR count). The summed E-state index contributed by atoms with van der Waals surface area (Å²) >= 11 is 0. The quantitative estimate of drug-likeness (QED) is 0.821. The van der Waals surface area contributed by atoms with Gasteiger partial charge in [0.15, 0.2) is 6.61 Å². The second kappa shape index (κ2) is 8.03. The van der Waals surface area contributed by atoms with Gasteiger partial charge in [0.1, 0.15) is 5.75 Å². The Kier molecular flexibility index (Phi) is 5.55. The fourth-order valence-corrected chi connectivity index (χ4v) is 3.18. The summed E-state index contributed by atoms with van der Waals surface area (Å²) in [6.45, 7) is 2.01. The Morgan fingerprint density at radius 1 is 1.42 bits per heavy atom. The Morgan fingerprint density at radius 3 is 3.00 bits per heavy atom. The number of hydrogen-bond acceptors (Lipinski definition) is 4. The number of aryl methyl sites for hydroxylation is 2. The molecule has 2 heterocycles. The lowest BCUT2D eigenvalue weighted by atomic mass is 9.95. The smallest absolute Gasteiger partial charge is 0.258 e. The maximum atomic E-state index is 12.3. The van der Waals surface area contributed by atoms with Gasteiger partial charge >= 0.3 is 0 Å². The fraction of sp³-hybridized carbons (Fsp3) is 0.421. The average molecular weight is 356 g/mol. The van der Waals surface area contributed by atoms with Crippen LogP contribution in [0.25, 0.3) is 0 Å². The zero-order valence-electron chi connectivity index (χ0n) is 15.1. The minimum atomic E-state index is -0.295. The van der Waals surface area contributed by atoms with Crippen molar-refractivity contribution in [2.75, 3.05) is 6.61 Å². The second-order valence-corrected chi connectivity index (χ2v) is 6.43. The summed E-state index contributed by atoms with van der Waals surface area (Å²) in [5.74, 6) is 0.453. The molecule has 2 atom stereocenters. The van der Waals surface area contributed by atoms with Gasteiger partial charge in [0.2, 0.25) is 5.91 Å². The van der Waals surface area contributed by atoms with Crippen LogP contribution in [0.2, 0.25) is 0 Å². The van der Waals surface area contributed by atoms with E-state index in [1.807, 2.05) is 37.4 Å².